The van der Waals surface area contributed by atoms with Crippen LogP contribution in [0, 0.1) is 17.3 Å². The molecule has 96 valence electrons. The fourth-order valence-electron chi connectivity index (χ4n) is 3.89. The monoisotopic (exact) mass is 228 g/mol. The average molecular weight is 228 g/mol. The van der Waals surface area contributed by atoms with E-state index in [1.54, 1.807) is 0 Å². The van der Waals surface area contributed by atoms with Crippen LogP contribution in [0.15, 0.2) is 0 Å². The molecule has 2 N–H and O–H groups in total. The van der Waals surface area contributed by atoms with Crippen molar-refractivity contribution in [3.05, 3.63) is 0 Å². The van der Waals surface area contributed by atoms with Gasteiger partial charge < -0.3 is 10.2 Å². The molecular formula is C14H28O2. The SMILES string of the molecule is CC.CC12CCCC(O)C1CCC2CCO. The van der Waals surface area contributed by atoms with Crippen molar-refractivity contribution in [2.24, 2.45) is 17.3 Å². The second-order valence-corrected chi connectivity index (χ2v) is 5.36. The molecule has 0 saturated heterocycles. The summed E-state index contributed by atoms with van der Waals surface area (Å²) in [5.74, 6) is 1.15. The molecule has 0 aliphatic heterocycles. The Kier molecular flexibility index (Phi) is 5.26. The Bertz CT molecular complexity index is 205. The molecule has 2 fully saturated rings. The van der Waals surface area contributed by atoms with Crippen LogP contribution in [-0.2, 0) is 0 Å². The van der Waals surface area contributed by atoms with Gasteiger partial charge in [0.25, 0.3) is 0 Å². The highest BCUT2D eigenvalue weighted by atomic mass is 16.3. The topological polar surface area (TPSA) is 40.5 Å². The Morgan fingerprint density at radius 2 is 1.88 bits per heavy atom. The van der Waals surface area contributed by atoms with Crippen LogP contribution in [0.4, 0.5) is 0 Å². The highest BCUT2D eigenvalue weighted by Gasteiger charge is 2.50. The lowest BCUT2D eigenvalue weighted by atomic mass is 9.64. The van der Waals surface area contributed by atoms with E-state index in [9.17, 15) is 5.11 Å². The van der Waals surface area contributed by atoms with Crippen molar-refractivity contribution >= 4 is 0 Å². The van der Waals surface area contributed by atoms with Crippen LogP contribution in [-0.4, -0.2) is 22.9 Å². The van der Waals surface area contributed by atoms with Gasteiger partial charge in [0.15, 0.2) is 0 Å². The van der Waals surface area contributed by atoms with Gasteiger partial charge in [-0.3, -0.25) is 0 Å². The first-order chi connectivity index (χ1) is 7.68. The fraction of sp³-hybridized carbons (Fsp3) is 1.00. The van der Waals surface area contributed by atoms with Crippen LogP contribution in [0.5, 0.6) is 0 Å². The molecule has 2 aliphatic carbocycles. The predicted molar refractivity (Wildman–Crippen MR) is 67.2 cm³/mol. The van der Waals surface area contributed by atoms with E-state index in [2.05, 4.69) is 6.92 Å². The molecule has 0 aromatic rings. The minimum atomic E-state index is -0.0718. The van der Waals surface area contributed by atoms with Crippen molar-refractivity contribution in [3.63, 3.8) is 0 Å². The maximum atomic E-state index is 9.97. The van der Waals surface area contributed by atoms with Crippen LogP contribution in [0.1, 0.15) is 59.3 Å². The maximum Gasteiger partial charge on any atom is 0.0573 e. The van der Waals surface area contributed by atoms with Crippen LogP contribution < -0.4 is 0 Å². The summed E-state index contributed by atoms with van der Waals surface area (Å²) in [5.41, 5.74) is 0.320. The third-order valence-corrected chi connectivity index (χ3v) is 4.76. The summed E-state index contributed by atoms with van der Waals surface area (Å²) < 4.78 is 0. The van der Waals surface area contributed by atoms with Gasteiger partial charge in [-0.05, 0) is 49.4 Å². The van der Waals surface area contributed by atoms with Crippen molar-refractivity contribution in [1.29, 1.82) is 0 Å². The Morgan fingerprint density at radius 1 is 1.19 bits per heavy atom. The first kappa shape index (κ1) is 14.0. The smallest absolute Gasteiger partial charge is 0.0573 e. The van der Waals surface area contributed by atoms with Gasteiger partial charge in [0.05, 0.1) is 6.10 Å². The van der Waals surface area contributed by atoms with E-state index in [-0.39, 0.29) is 6.10 Å². The molecule has 0 amide bonds. The lowest BCUT2D eigenvalue weighted by Gasteiger charge is -2.43. The molecule has 2 saturated carbocycles. The second-order valence-electron chi connectivity index (χ2n) is 5.36. The standard InChI is InChI=1S/C12H22O2.C2H6/c1-12-7-2-3-11(14)10(12)5-4-9(12)6-8-13;1-2/h9-11,13-14H,2-8H2,1H3;1-2H3. The van der Waals surface area contributed by atoms with E-state index < -0.39 is 0 Å². The minimum absolute atomic E-state index is 0.0718. The molecule has 2 nitrogen and oxygen atoms in total. The van der Waals surface area contributed by atoms with Crippen molar-refractivity contribution in [1.82, 2.24) is 0 Å². The summed E-state index contributed by atoms with van der Waals surface area (Å²) in [6, 6.07) is 0. The Balaban J connectivity index is 0.000000606. The van der Waals surface area contributed by atoms with Crippen LogP contribution >= 0.6 is 0 Å². The Morgan fingerprint density at radius 3 is 2.50 bits per heavy atom. The molecule has 0 radical (unpaired) electrons. The van der Waals surface area contributed by atoms with Gasteiger partial charge in [0.1, 0.15) is 0 Å². The van der Waals surface area contributed by atoms with Gasteiger partial charge in [-0.25, -0.2) is 0 Å². The van der Waals surface area contributed by atoms with E-state index in [0.717, 1.165) is 19.3 Å². The lowest BCUT2D eigenvalue weighted by molar-refractivity contribution is -0.0207. The molecule has 2 heteroatoms. The third kappa shape index (κ3) is 2.43. The van der Waals surface area contributed by atoms with Gasteiger partial charge >= 0.3 is 0 Å². The van der Waals surface area contributed by atoms with Crippen molar-refractivity contribution < 1.29 is 10.2 Å². The third-order valence-electron chi connectivity index (χ3n) is 4.76. The molecule has 2 aliphatic rings. The number of hydrogen-bond donors (Lipinski definition) is 2. The van der Waals surface area contributed by atoms with E-state index in [4.69, 9.17) is 5.11 Å². The minimum Gasteiger partial charge on any atom is -0.396 e. The van der Waals surface area contributed by atoms with Gasteiger partial charge in [-0.15, -0.1) is 0 Å². The van der Waals surface area contributed by atoms with E-state index in [0.29, 0.717) is 23.9 Å². The number of fused-ring (bicyclic) bond motifs is 1. The first-order valence-electron chi connectivity index (χ1n) is 6.97. The van der Waals surface area contributed by atoms with Crippen LogP contribution in [0.25, 0.3) is 0 Å². The molecule has 0 aromatic heterocycles. The first-order valence-corrected chi connectivity index (χ1v) is 6.97. The normalized spacial score (nSPS) is 42.2. The second kappa shape index (κ2) is 6.02. The van der Waals surface area contributed by atoms with Gasteiger partial charge in [-0.2, -0.15) is 0 Å². The van der Waals surface area contributed by atoms with Gasteiger partial charge in [0, 0.05) is 6.61 Å². The fourth-order valence-corrected chi connectivity index (χ4v) is 3.89. The Hall–Kier alpha value is -0.0800. The number of hydrogen-bond acceptors (Lipinski definition) is 2. The van der Waals surface area contributed by atoms with E-state index >= 15 is 0 Å². The van der Waals surface area contributed by atoms with Gasteiger partial charge in [-0.1, -0.05) is 27.2 Å². The molecule has 4 atom stereocenters. The molecule has 0 heterocycles. The molecule has 0 aromatic carbocycles. The van der Waals surface area contributed by atoms with E-state index in [1.807, 2.05) is 13.8 Å². The number of rotatable bonds is 2. The summed E-state index contributed by atoms with van der Waals surface area (Å²) in [6.45, 7) is 6.64. The number of aliphatic hydroxyl groups excluding tert-OH is 2. The zero-order valence-corrected chi connectivity index (χ0v) is 11.1. The quantitative estimate of drug-likeness (QED) is 0.763. The van der Waals surface area contributed by atoms with Gasteiger partial charge in [0.2, 0.25) is 0 Å². The molecule has 16 heavy (non-hydrogen) atoms. The summed E-state index contributed by atoms with van der Waals surface area (Å²) in [4.78, 5) is 0. The highest BCUT2D eigenvalue weighted by Crippen LogP contribution is 2.56. The molecular weight excluding hydrogens is 200 g/mol. The molecule has 4 unspecified atom stereocenters. The zero-order chi connectivity index (χ0) is 12.2. The maximum absolute atomic E-state index is 9.97. The predicted octanol–water partition coefficient (Wildman–Crippen LogP) is 2.97. The van der Waals surface area contributed by atoms with Crippen molar-refractivity contribution in [2.45, 2.75) is 65.4 Å². The Labute approximate surface area is 100 Å². The zero-order valence-electron chi connectivity index (χ0n) is 11.1. The van der Waals surface area contributed by atoms with E-state index in [1.165, 1.54) is 19.3 Å². The molecule has 0 spiro atoms. The average Bonchev–Trinajstić information content (AvgIpc) is 2.61. The molecule has 0 bridgehead atoms. The van der Waals surface area contributed by atoms with Crippen LogP contribution in [0.3, 0.4) is 0 Å². The van der Waals surface area contributed by atoms with Crippen molar-refractivity contribution in [2.75, 3.05) is 6.61 Å². The highest BCUT2D eigenvalue weighted by molar-refractivity contribution is 5.00. The van der Waals surface area contributed by atoms with Crippen molar-refractivity contribution in [3.8, 4) is 0 Å². The summed E-state index contributed by atoms with van der Waals surface area (Å²) >= 11 is 0. The van der Waals surface area contributed by atoms with Crippen LogP contribution in [0.2, 0.25) is 0 Å². The largest absolute Gasteiger partial charge is 0.396 e. The summed E-state index contributed by atoms with van der Waals surface area (Å²) in [6.07, 6.45) is 6.64. The summed E-state index contributed by atoms with van der Waals surface area (Å²) in [7, 11) is 0. The lowest BCUT2D eigenvalue weighted by Crippen LogP contribution is -2.39. The summed E-state index contributed by atoms with van der Waals surface area (Å²) in [5, 5.41) is 19.0. The number of aliphatic hydroxyl groups is 2. The molecule has 2 rings (SSSR count).